The molecule has 2 N–H and O–H groups in total. The zero-order valence-electron chi connectivity index (χ0n) is 10.6. The number of rotatable bonds is 1. The van der Waals surface area contributed by atoms with Crippen LogP contribution in [-0.2, 0) is 6.54 Å². The number of nitrogens with two attached hydrogens (primary N) is 1. The van der Waals surface area contributed by atoms with Crippen molar-refractivity contribution in [1.29, 1.82) is 0 Å². The Bertz CT molecular complexity index is 555. The molecule has 1 aliphatic heterocycles. The first-order chi connectivity index (χ1) is 8.66. The van der Waals surface area contributed by atoms with Gasteiger partial charge < -0.3 is 10.6 Å². The zero-order valence-corrected chi connectivity index (χ0v) is 10.6. The molecule has 5 nitrogen and oxygen atoms in total. The van der Waals surface area contributed by atoms with Crippen LogP contribution in [0, 0.1) is 0 Å². The van der Waals surface area contributed by atoms with Gasteiger partial charge in [-0.15, -0.1) is 0 Å². The summed E-state index contributed by atoms with van der Waals surface area (Å²) in [5.41, 5.74) is 7.00. The first kappa shape index (κ1) is 11.3. The van der Waals surface area contributed by atoms with Crippen molar-refractivity contribution >= 4 is 11.8 Å². The predicted octanol–water partition coefficient (Wildman–Crippen LogP) is 1.35. The van der Waals surface area contributed by atoms with E-state index < -0.39 is 0 Å². The van der Waals surface area contributed by atoms with Crippen molar-refractivity contribution < 1.29 is 0 Å². The molecule has 0 saturated heterocycles. The summed E-state index contributed by atoms with van der Waals surface area (Å²) in [5.74, 6) is 1.25. The summed E-state index contributed by atoms with van der Waals surface area (Å²) in [4.78, 5) is 18.4. The minimum Gasteiger partial charge on any atom is -0.369 e. The van der Waals surface area contributed by atoms with E-state index >= 15 is 0 Å². The second-order valence-electron chi connectivity index (χ2n) is 5.15. The van der Waals surface area contributed by atoms with Crippen molar-refractivity contribution in [3.63, 3.8) is 0 Å². The Labute approximate surface area is 106 Å². The van der Waals surface area contributed by atoms with Gasteiger partial charge in [0.05, 0.1) is 0 Å². The molecule has 1 fully saturated rings. The Morgan fingerprint density at radius 2 is 2.06 bits per heavy atom. The number of hydrogen-bond acceptors (Lipinski definition) is 4. The van der Waals surface area contributed by atoms with Gasteiger partial charge in [-0.3, -0.25) is 9.36 Å². The van der Waals surface area contributed by atoms with Crippen LogP contribution in [0.2, 0.25) is 0 Å². The monoisotopic (exact) mass is 246 g/mol. The van der Waals surface area contributed by atoms with E-state index in [2.05, 4.69) is 4.99 Å². The molecule has 1 aromatic rings. The van der Waals surface area contributed by atoms with E-state index in [0.29, 0.717) is 12.0 Å². The van der Waals surface area contributed by atoms with Crippen molar-refractivity contribution in [2.45, 2.75) is 38.3 Å². The highest BCUT2D eigenvalue weighted by Gasteiger charge is 2.24. The highest BCUT2D eigenvalue weighted by Crippen LogP contribution is 2.34. The maximum atomic E-state index is 12.1. The number of aliphatic imine (C=N–C) groups is 1. The van der Waals surface area contributed by atoms with Gasteiger partial charge in [0.1, 0.15) is 5.82 Å². The third-order valence-corrected chi connectivity index (χ3v) is 3.89. The predicted molar refractivity (Wildman–Crippen MR) is 71.0 cm³/mol. The number of fused-ring (bicyclic) bond motifs is 1. The molecule has 96 valence electrons. The number of guanidine groups is 1. The Kier molecular flexibility index (Phi) is 2.61. The minimum atomic E-state index is 0.0433. The van der Waals surface area contributed by atoms with Crippen molar-refractivity contribution in [3.05, 3.63) is 28.0 Å². The number of nitrogens with zero attached hydrogens (tertiary/aromatic N) is 3. The van der Waals surface area contributed by atoms with E-state index in [4.69, 9.17) is 5.73 Å². The SMILES string of the molecule is CN1Cc2ccc(=O)n(C3CCCC3)c2N=C1N. The highest BCUT2D eigenvalue weighted by atomic mass is 16.1. The minimum absolute atomic E-state index is 0.0433. The van der Waals surface area contributed by atoms with Gasteiger partial charge >= 0.3 is 0 Å². The fourth-order valence-electron chi connectivity index (χ4n) is 2.88. The van der Waals surface area contributed by atoms with Gasteiger partial charge in [0.15, 0.2) is 5.96 Å². The largest absolute Gasteiger partial charge is 0.369 e. The lowest BCUT2D eigenvalue weighted by molar-refractivity contribution is 0.461. The van der Waals surface area contributed by atoms with E-state index in [1.165, 1.54) is 12.8 Å². The van der Waals surface area contributed by atoms with E-state index in [1.807, 2.05) is 22.6 Å². The summed E-state index contributed by atoms with van der Waals surface area (Å²) in [6.07, 6.45) is 4.53. The zero-order chi connectivity index (χ0) is 12.7. The molecule has 0 unspecified atom stereocenters. The van der Waals surface area contributed by atoms with Crippen molar-refractivity contribution in [1.82, 2.24) is 9.47 Å². The summed E-state index contributed by atoms with van der Waals surface area (Å²) in [5, 5.41) is 0. The van der Waals surface area contributed by atoms with Gasteiger partial charge in [-0.05, 0) is 18.9 Å². The molecule has 1 aromatic heterocycles. The molecule has 0 spiro atoms. The van der Waals surface area contributed by atoms with Crippen LogP contribution in [-0.4, -0.2) is 22.5 Å². The van der Waals surface area contributed by atoms with Gasteiger partial charge in [0, 0.05) is 31.3 Å². The summed E-state index contributed by atoms with van der Waals surface area (Å²) < 4.78 is 1.85. The lowest BCUT2D eigenvalue weighted by Crippen LogP contribution is -2.37. The highest BCUT2D eigenvalue weighted by molar-refractivity contribution is 5.82. The normalized spacial score (nSPS) is 19.8. The molecule has 2 aliphatic rings. The van der Waals surface area contributed by atoms with E-state index in [1.54, 1.807) is 6.07 Å². The Hall–Kier alpha value is -1.78. The Balaban J connectivity index is 2.15. The second kappa shape index (κ2) is 4.15. The van der Waals surface area contributed by atoms with Crippen LogP contribution >= 0.6 is 0 Å². The van der Waals surface area contributed by atoms with Crippen LogP contribution in [0.1, 0.15) is 37.3 Å². The van der Waals surface area contributed by atoms with Gasteiger partial charge in [-0.1, -0.05) is 12.8 Å². The quantitative estimate of drug-likeness (QED) is 0.813. The molecule has 5 heteroatoms. The van der Waals surface area contributed by atoms with Crippen LogP contribution in [0.5, 0.6) is 0 Å². The molecule has 18 heavy (non-hydrogen) atoms. The van der Waals surface area contributed by atoms with Gasteiger partial charge in [0.2, 0.25) is 0 Å². The molecule has 1 aliphatic carbocycles. The van der Waals surface area contributed by atoms with Crippen LogP contribution in [0.4, 0.5) is 5.82 Å². The van der Waals surface area contributed by atoms with Crippen LogP contribution in [0.25, 0.3) is 0 Å². The average molecular weight is 246 g/mol. The standard InChI is InChI=1S/C13H18N4O/c1-16-8-9-6-7-11(18)17(10-4-2-3-5-10)12(9)15-13(16)14/h6-7,10H,2-5,8H2,1H3,(H2,14,15). The topological polar surface area (TPSA) is 63.6 Å². The Morgan fingerprint density at radius 1 is 1.33 bits per heavy atom. The first-order valence-electron chi connectivity index (χ1n) is 6.46. The summed E-state index contributed by atoms with van der Waals surface area (Å²) in [6.45, 7) is 0.720. The van der Waals surface area contributed by atoms with Gasteiger partial charge in [-0.2, -0.15) is 4.99 Å². The fraction of sp³-hybridized carbons (Fsp3) is 0.538. The second-order valence-corrected chi connectivity index (χ2v) is 5.15. The maximum absolute atomic E-state index is 12.1. The van der Waals surface area contributed by atoms with Crippen LogP contribution in [0.3, 0.4) is 0 Å². The van der Waals surface area contributed by atoms with Crippen molar-refractivity contribution in [2.75, 3.05) is 7.05 Å². The molecule has 0 bridgehead atoms. The molecular formula is C13H18N4O. The Morgan fingerprint density at radius 3 is 2.78 bits per heavy atom. The molecule has 2 heterocycles. The summed E-state index contributed by atoms with van der Waals surface area (Å²) >= 11 is 0. The number of pyridine rings is 1. The smallest absolute Gasteiger partial charge is 0.252 e. The molecule has 3 rings (SSSR count). The summed E-state index contributed by atoms with van der Waals surface area (Å²) in [6, 6.07) is 3.82. The van der Waals surface area contributed by atoms with E-state index in [-0.39, 0.29) is 5.56 Å². The lowest BCUT2D eigenvalue weighted by atomic mass is 10.1. The number of aromatic nitrogens is 1. The van der Waals surface area contributed by atoms with Gasteiger partial charge in [0.25, 0.3) is 5.56 Å². The van der Waals surface area contributed by atoms with Crippen molar-refractivity contribution in [2.24, 2.45) is 10.7 Å². The number of hydrogen-bond donors (Lipinski definition) is 1. The summed E-state index contributed by atoms with van der Waals surface area (Å²) in [7, 11) is 1.91. The van der Waals surface area contributed by atoms with Crippen LogP contribution < -0.4 is 11.3 Å². The maximum Gasteiger partial charge on any atom is 0.252 e. The molecule has 0 radical (unpaired) electrons. The molecule has 0 atom stereocenters. The third kappa shape index (κ3) is 1.70. The van der Waals surface area contributed by atoms with Crippen LogP contribution in [0.15, 0.2) is 21.9 Å². The van der Waals surface area contributed by atoms with E-state index in [9.17, 15) is 4.79 Å². The first-order valence-corrected chi connectivity index (χ1v) is 6.46. The van der Waals surface area contributed by atoms with Gasteiger partial charge in [-0.25, -0.2) is 0 Å². The van der Waals surface area contributed by atoms with E-state index in [0.717, 1.165) is 30.8 Å². The average Bonchev–Trinajstić information content (AvgIpc) is 2.85. The molecule has 1 saturated carbocycles. The lowest BCUT2D eigenvalue weighted by Gasteiger charge is -2.27. The van der Waals surface area contributed by atoms with Crippen molar-refractivity contribution in [3.8, 4) is 0 Å². The molecule has 0 aromatic carbocycles. The third-order valence-electron chi connectivity index (χ3n) is 3.89. The molecule has 0 amide bonds. The molecular weight excluding hydrogens is 228 g/mol. The fourth-order valence-corrected chi connectivity index (χ4v) is 2.88.